The van der Waals surface area contributed by atoms with Crippen LogP contribution in [0, 0.1) is 0 Å². The molecule has 0 aliphatic rings. The SMILES string of the molecule is COCCC(C)NS(=O)(=O)c1ccc(Cl)c(C(=O)O)c1Cl. The lowest BCUT2D eigenvalue weighted by Crippen LogP contribution is -2.33. The zero-order chi connectivity index (χ0) is 16.2. The van der Waals surface area contributed by atoms with E-state index in [9.17, 15) is 13.2 Å². The van der Waals surface area contributed by atoms with Crippen LogP contribution in [0.2, 0.25) is 10.0 Å². The van der Waals surface area contributed by atoms with Gasteiger partial charge in [0.05, 0.1) is 15.6 Å². The Morgan fingerprint density at radius 1 is 1.43 bits per heavy atom. The first kappa shape index (κ1) is 18.2. The number of aromatic carboxylic acids is 1. The van der Waals surface area contributed by atoms with Crippen LogP contribution in [0.1, 0.15) is 23.7 Å². The first-order valence-corrected chi connectivity index (χ1v) is 8.17. The van der Waals surface area contributed by atoms with Crippen molar-refractivity contribution in [1.82, 2.24) is 4.72 Å². The second-order valence-corrected chi connectivity index (χ2v) is 6.81. The number of halogens is 2. The van der Waals surface area contributed by atoms with Crippen LogP contribution in [0.4, 0.5) is 0 Å². The van der Waals surface area contributed by atoms with Crippen molar-refractivity contribution in [2.75, 3.05) is 13.7 Å². The van der Waals surface area contributed by atoms with Crippen molar-refractivity contribution in [2.45, 2.75) is 24.3 Å². The maximum atomic E-state index is 12.2. The van der Waals surface area contributed by atoms with Crippen molar-refractivity contribution >= 4 is 39.2 Å². The summed E-state index contributed by atoms with van der Waals surface area (Å²) in [5.74, 6) is -1.39. The summed E-state index contributed by atoms with van der Waals surface area (Å²) in [5, 5.41) is 8.49. The number of hydrogen-bond acceptors (Lipinski definition) is 4. The van der Waals surface area contributed by atoms with E-state index < -0.39 is 32.6 Å². The van der Waals surface area contributed by atoms with E-state index in [1.165, 1.54) is 19.2 Å². The van der Waals surface area contributed by atoms with Crippen LogP contribution >= 0.6 is 23.2 Å². The fourth-order valence-electron chi connectivity index (χ4n) is 1.62. The van der Waals surface area contributed by atoms with E-state index >= 15 is 0 Å². The van der Waals surface area contributed by atoms with Crippen molar-refractivity contribution < 1.29 is 23.1 Å². The van der Waals surface area contributed by atoms with Crippen LogP contribution in [0.15, 0.2) is 17.0 Å². The van der Waals surface area contributed by atoms with Crippen molar-refractivity contribution in [1.29, 1.82) is 0 Å². The van der Waals surface area contributed by atoms with Gasteiger partial charge in [0.15, 0.2) is 0 Å². The van der Waals surface area contributed by atoms with E-state index in [1.807, 2.05) is 0 Å². The number of ether oxygens (including phenoxy) is 1. The van der Waals surface area contributed by atoms with Crippen LogP contribution in [0.5, 0.6) is 0 Å². The summed E-state index contributed by atoms with van der Waals surface area (Å²) in [6.07, 6.45) is 0.465. The lowest BCUT2D eigenvalue weighted by Gasteiger charge is -2.15. The van der Waals surface area contributed by atoms with Crippen molar-refractivity contribution in [2.24, 2.45) is 0 Å². The zero-order valence-electron chi connectivity index (χ0n) is 11.4. The molecule has 0 spiro atoms. The number of methoxy groups -OCH3 is 1. The van der Waals surface area contributed by atoms with Crippen LogP contribution in [0.25, 0.3) is 0 Å². The number of carboxylic acid groups (broad SMARTS) is 1. The third-order valence-corrected chi connectivity index (χ3v) is 5.12. The van der Waals surface area contributed by atoms with Crippen LogP contribution in [-0.4, -0.2) is 39.3 Å². The van der Waals surface area contributed by atoms with Crippen molar-refractivity contribution in [3.05, 3.63) is 27.7 Å². The van der Waals surface area contributed by atoms with E-state index in [0.29, 0.717) is 13.0 Å². The fraction of sp³-hybridized carbons (Fsp3) is 0.417. The Kier molecular flexibility index (Phi) is 6.42. The Bertz CT molecular complexity index is 633. The summed E-state index contributed by atoms with van der Waals surface area (Å²) in [6.45, 7) is 2.05. The standard InChI is InChI=1S/C12H15Cl2NO5S/c1-7(5-6-20-2)15-21(18,19)9-4-3-8(13)10(11(9)14)12(16)17/h3-4,7,15H,5-6H2,1-2H3,(H,16,17). The Morgan fingerprint density at radius 2 is 2.05 bits per heavy atom. The molecule has 1 aromatic rings. The summed E-state index contributed by atoms with van der Waals surface area (Å²) in [7, 11) is -2.44. The fourth-order valence-corrected chi connectivity index (χ4v) is 3.82. The lowest BCUT2D eigenvalue weighted by molar-refractivity contribution is 0.0697. The highest BCUT2D eigenvalue weighted by atomic mass is 35.5. The minimum atomic E-state index is -3.95. The van der Waals surface area contributed by atoms with Gasteiger partial charge < -0.3 is 9.84 Å². The molecule has 0 amide bonds. The second-order valence-electron chi connectivity index (χ2n) is 4.34. The van der Waals surface area contributed by atoms with E-state index in [1.54, 1.807) is 6.92 Å². The number of carbonyl (C=O) groups is 1. The van der Waals surface area contributed by atoms with Crippen LogP contribution < -0.4 is 4.72 Å². The van der Waals surface area contributed by atoms with Gasteiger partial charge in [-0.1, -0.05) is 23.2 Å². The molecule has 0 saturated heterocycles. The minimum absolute atomic E-state index is 0.126. The van der Waals surface area contributed by atoms with Gasteiger partial charge in [0.2, 0.25) is 10.0 Å². The summed E-state index contributed by atoms with van der Waals surface area (Å²) >= 11 is 11.6. The molecule has 21 heavy (non-hydrogen) atoms. The highest BCUT2D eigenvalue weighted by Gasteiger charge is 2.25. The average molecular weight is 356 g/mol. The molecule has 9 heteroatoms. The first-order chi connectivity index (χ1) is 9.70. The maximum Gasteiger partial charge on any atom is 0.338 e. The molecule has 6 nitrogen and oxygen atoms in total. The molecular formula is C12H15Cl2NO5S. The van der Waals surface area contributed by atoms with Crippen LogP contribution in [0.3, 0.4) is 0 Å². The lowest BCUT2D eigenvalue weighted by atomic mass is 10.2. The quantitative estimate of drug-likeness (QED) is 0.783. The molecule has 0 heterocycles. The molecule has 2 N–H and O–H groups in total. The first-order valence-electron chi connectivity index (χ1n) is 5.93. The minimum Gasteiger partial charge on any atom is -0.478 e. The molecule has 0 aliphatic heterocycles. The third-order valence-electron chi connectivity index (χ3n) is 2.67. The van der Waals surface area contributed by atoms with Gasteiger partial charge in [0, 0.05) is 19.8 Å². The molecule has 0 fully saturated rings. The second kappa shape index (κ2) is 7.42. The Hall–Kier alpha value is -0.860. The number of sulfonamides is 1. The molecule has 0 radical (unpaired) electrons. The van der Waals surface area contributed by atoms with Gasteiger partial charge in [0.25, 0.3) is 0 Å². The normalized spacial score (nSPS) is 13.1. The number of benzene rings is 1. The van der Waals surface area contributed by atoms with Crippen LogP contribution in [-0.2, 0) is 14.8 Å². The molecule has 0 bridgehead atoms. The zero-order valence-corrected chi connectivity index (χ0v) is 13.7. The van der Waals surface area contributed by atoms with Crippen molar-refractivity contribution in [3.8, 4) is 0 Å². The summed E-state index contributed by atoms with van der Waals surface area (Å²) < 4.78 is 31.8. The smallest absolute Gasteiger partial charge is 0.338 e. The molecule has 1 atom stereocenters. The highest BCUT2D eigenvalue weighted by molar-refractivity contribution is 7.89. The van der Waals surface area contributed by atoms with Gasteiger partial charge in [-0.2, -0.15) is 0 Å². The molecule has 1 rings (SSSR count). The molecule has 0 saturated carbocycles. The monoisotopic (exact) mass is 355 g/mol. The van der Waals surface area contributed by atoms with E-state index in [2.05, 4.69) is 4.72 Å². The molecule has 0 aromatic heterocycles. The Balaban J connectivity index is 3.15. The number of rotatable bonds is 7. The Labute approximate surface area is 133 Å². The summed E-state index contributed by atoms with van der Waals surface area (Å²) in [5.41, 5.74) is -0.439. The molecular weight excluding hydrogens is 341 g/mol. The highest BCUT2D eigenvalue weighted by Crippen LogP contribution is 2.31. The van der Waals surface area contributed by atoms with Gasteiger partial charge in [-0.05, 0) is 25.5 Å². The predicted octanol–water partition coefficient (Wildman–Crippen LogP) is 2.39. The largest absolute Gasteiger partial charge is 0.478 e. The summed E-state index contributed by atoms with van der Waals surface area (Å²) in [4.78, 5) is 10.8. The molecule has 1 unspecified atom stereocenters. The topological polar surface area (TPSA) is 92.7 Å². The van der Waals surface area contributed by atoms with E-state index in [4.69, 9.17) is 33.0 Å². The molecule has 0 aliphatic carbocycles. The van der Waals surface area contributed by atoms with Gasteiger partial charge in [-0.15, -0.1) is 0 Å². The number of nitrogens with one attached hydrogen (secondary N) is 1. The molecule has 1 aromatic carbocycles. The van der Waals surface area contributed by atoms with Gasteiger partial charge in [-0.3, -0.25) is 0 Å². The average Bonchev–Trinajstić information content (AvgIpc) is 2.34. The van der Waals surface area contributed by atoms with Gasteiger partial charge in [-0.25, -0.2) is 17.9 Å². The Morgan fingerprint density at radius 3 is 2.57 bits per heavy atom. The van der Waals surface area contributed by atoms with Gasteiger partial charge >= 0.3 is 5.97 Å². The number of hydrogen-bond donors (Lipinski definition) is 2. The van der Waals surface area contributed by atoms with Gasteiger partial charge in [0.1, 0.15) is 4.90 Å². The molecule has 118 valence electrons. The predicted molar refractivity (Wildman–Crippen MR) is 79.7 cm³/mol. The summed E-state index contributed by atoms with van der Waals surface area (Å²) in [6, 6.07) is 1.96. The third kappa shape index (κ3) is 4.55. The number of carboxylic acids is 1. The maximum absolute atomic E-state index is 12.2. The van der Waals surface area contributed by atoms with E-state index in [0.717, 1.165) is 0 Å². The van der Waals surface area contributed by atoms with Crippen molar-refractivity contribution in [3.63, 3.8) is 0 Å². The van der Waals surface area contributed by atoms with E-state index in [-0.39, 0.29) is 9.92 Å².